The van der Waals surface area contributed by atoms with Crippen molar-refractivity contribution in [2.75, 3.05) is 26.9 Å². The van der Waals surface area contributed by atoms with E-state index in [1.165, 1.54) is 29.2 Å². The van der Waals surface area contributed by atoms with Gasteiger partial charge in [-0.25, -0.2) is 14.6 Å². The summed E-state index contributed by atoms with van der Waals surface area (Å²) >= 11 is 1.23. The van der Waals surface area contributed by atoms with Gasteiger partial charge in [-0.3, -0.25) is 9.36 Å². The van der Waals surface area contributed by atoms with Crippen molar-refractivity contribution in [2.45, 2.75) is 33.4 Å². The molecule has 1 aliphatic heterocycles. The van der Waals surface area contributed by atoms with Gasteiger partial charge in [0.2, 0.25) is 0 Å². The summed E-state index contributed by atoms with van der Waals surface area (Å²) in [5.41, 5.74) is 2.78. The van der Waals surface area contributed by atoms with Crippen LogP contribution in [0.3, 0.4) is 0 Å². The summed E-state index contributed by atoms with van der Waals surface area (Å²) in [6.45, 7) is 7.04. The fourth-order valence-corrected chi connectivity index (χ4v) is 5.89. The van der Waals surface area contributed by atoms with Crippen molar-refractivity contribution in [3.8, 4) is 17.2 Å². The van der Waals surface area contributed by atoms with Crippen LogP contribution in [-0.4, -0.2) is 43.4 Å². The van der Waals surface area contributed by atoms with Crippen molar-refractivity contribution in [1.82, 2.24) is 4.57 Å². The van der Waals surface area contributed by atoms with Crippen LogP contribution in [0.25, 0.3) is 6.08 Å². The Bertz CT molecular complexity index is 1920. The van der Waals surface area contributed by atoms with E-state index in [0.717, 1.165) is 11.1 Å². The van der Waals surface area contributed by atoms with Crippen LogP contribution in [0, 0.1) is 0 Å². The first kappa shape index (κ1) is 32.2. The SMILES string of the molecule is CCOC(=O)c1ccc(COc2ccc(/C=c3/sc4n(c3=O)[C@H](c3ccc(OCC)c(OCC)c3)C(C(=O)OC)=CN=4)cc2)cc1. The average Bonchev–Trinajstić information content (AvgIpc) is 3.39. The molecule has 0 N–H and O–H groups in total. The lowest BCUT2D eigenvalue weighted by atomic mass is 9.97. The molecule has 1 aliphatic rings. The topological polar surface area (TPSA) is 115 Å². The van der Waals surface area contributed by atoms with Crippen molar-refractivity contribution in [2.24, 2.45) is 4.99 Å². The second-order valence-electron chi connectivity index (χ2n) is 10.0. The number of benzene rings is 3. The van der Waals surface area contributed by atoms with Crippen molar-refractivity contribution >= 4 is 29.4 Å². The molecule has 238 valence electrons. The van der Waals surface area contributed by atoms with Gasteiger partial charge in [0.05, 0.1) is 48.6 Å². The molecular formula is C35H34N2O8S. The van der Waals surface area contributed by atoms with Crippen LogP contribution in [0.4, 0.5) is 0 Å². The lowest BCUT2D eigenvalue weighted by Gasteiger charge is -2.23. The maximum atomic E-state index is 13.9. The predicted molar refractivity (Wildman–Crippen MR) is 173 cm³/mol. The Labute approximate surface area is 269 Å². The van der Waals surface area contributed by atoms with Gasteiger partial charge in [0.1, 0.15) is 12.4 Å². The number of rotatable bonds is 12. The zero-order valence-electron chi connectivity index (χ0n) is 26.0. The zero-order chi connectivity index (χ0) is 32.6. The highest BCUT2D eigenvalue weighted by Gasteiger charge is 2.31. The smallest absolute Gasteiger partial charge is 0.338 e. The molecule has 0 saturated carbocycles. The average molecular weight is 643 g/mol. The predicted octanol–water partition coefficient (Wildman–Crippen LogP) is 4.57. The molecule has 0 amide bonds. The fraction of sp³-hybridized carbons (Fsp3) is 0.257. The van der Waals surface area contributed by atoms with E-state index < -0.39 is 12.0 Å². The number of hydrogen-bond acceptors (Lipinski definition) is 10. The Kier molecular flexibility index (Phi) is 10.3. The van der Waals surface area contributed by atoms with Crippen LogP contribution >= 0.6 is 11.3 Å². The van der Waals surface area contributed by atoms with Crippen LogP contribution in [0.1, 0.15) is 53.9 Å². The van der Waals surface area contributed by atoms with Gasteiger partial charge in [-0.15, -0.1) is 0 Å². The van der Waals surface area contributed by atoms with E-state index in [4.69, 9.17) is 23.7 Å². The van der Waals surface area contributed by atoms with Gasteiger partial charge in [0.25, 0.3) is 5.56 Å². The third-order valence-electron chi connectivity index (χ3n) is 7.06. The van der Waals surface area contributed by atoms with E-state index in [1.54, 1.807) is 37.3 Å². The molecule has 0 fully saturated rings. The van der Waals surface area contributed by atoms with Crippen LogP contribution < -0.4 is 29.1 Å². The molecule has 10 nitrogen and oxygen atoms in total. The highest BCUT2D eigenvalue weighted by atomic mass is 32.1. The number of carbonyl (C=O) groups excluding carboxylic acids is 2. The summed E-state index contributed by atoms with van der Waals surface area (Å²) < 4.78 is 29.5. The Morgan fingerprint density at radius 3 is 2.26 bits per heavy atom. The lowest BCUT2D eigenvalue weighted by molar-refractivity contribution is -0.136. The van der Waals surface area contributed by atoms with E-state index in [9.17, 15) is 14.4 Å². The molecule has 11 heteroatoms. The molecule has 5 rings (SSSR count). The Morgan fingerprint density at radius 2 is 1.59 bits per heavy atom. The second kappa shape index (κ2) is 14.7. The van der Waals surface area contributed by atoms with E-state index in [1.807, 2.05) is 56.3 Å². The number of carbonyl (C=O) groups is 2. The van der Waals surface area contributed by atoms with Crippen molar-refractivity contribution in [1.29, 1.82) is 0 Å². The van der Waals surface area contributed by atoms with Gasteiger partial charge in [-0.2, -0.15) is 0 Å². The molecular weight excluding hydrogens is 608 g/mol. The van der Waals surface area contributed by atoms with Crippen LogP contribution in [0.15, 0.2) is 88.3 Å². The van der Waals surface area contributed by atoms with Crippen LogP contribution in [-0.2, 0) is 20.9 Å². The largest absolute Gasteiger partial charge is 0.490 e. The van der Waals surface area contributed by atoms with Crippen LogP contribution in [0.2, 0.25) is 0 Å². The minimum absolute atomic E-state index is 0.227. The number of hydrogen-bond donors (Lipinski definition) is 0. The monoisotopic (exact) mass is 642 g/mol. The molecule has 0 bridgehead atoms. The van der Waals surface area contributed by atoms with E-state index in [0.29, 0.717) is 64.1 Å². The number of esters is 2. The first-order valence-corrected chi connectivity index (χ1v) is 15.7. The van der Waals surface area contributed by atoms with Gasteiger partial charge in [-0.1, -0.05) is 41.7 Å². The van der Waals surface area contributed by atoms with Gasteiger partial charge < -0.3 is 23.7 Å². The lowest BCUT2D eigenvalue weighted by Crippen LogP contribution is -2.39. The molecule has 0 aliphatic carbocycles. The Hall–Kier alpha value is -5.16. The molecule has 0 radical (unpaired) electrons. The number of thiazole rings is 1. The molecule has 1 aromatic heterocycles. The van der Waals surface area contributed by atoms with Gasteiger partial charge in [-0.05, 0) is 79.9 Å². The van der Waals surface area contributed by atoms with E-state index in [2.05, 4.69) is 4.99 Å². The highest BCUT2D eigenvalue weighted by molar-refractivity contribution is 7.07. The highest BCUT2D eigenvalue weighted by Crippen LogP contribution is 2.35. The maximum Gasteiger partial charge on any atom is 0.338 e. The summed E-state index contributed by atoms with van der Waals surface area (Å²) in [4.78, 5) is 43.5. The minimum atomic E-state index is -0.775. The summed E-state index contributed by atoms with van der Waals surface area (Å²) in [6.07, 6.45) is 3.24. The first-order chi connectivity index (χ1) is 22.4. The fourth-order valence-electron chi connectivity index (χ4n) is 4.92. The van der Waals surface area contributed by atoms with E-state index >= 15 is 0 Å². The van der Waals surface area contributed by atoms with Crippen molar-refractivity contribution < 1.29 is 33.3 Å². The second-order valence-corrected chi connectivity index (χ2v) is 11.0. The molecule has 0 unspecified atom stereocenters. The van der Waals surface area contributed by atoms with Gasteiger partial charge >= 0.3 is 11.9 Å². The van der Waals surface area contributed by atoms with Crippen molar-refractivity contribution in [3.05, 3.63) is 120 Å². The first-order valence-electron chi connectivity index (χ1n) is 14.8. The van der Waals surface area contributed by atoms with Gasteiger partial charge in [0.15, 0.2) is 16.3 Å². The maximum absolute atomic E-state index is 13.9. The summed E-state index contributed by atoms with van der Waals surface area (Å²) in [6, 6.07) is 19.0. The standard InChI is InChI=1S/C35H34N2O8S/c1-5-42-28-17-14-25(19-29(28)43-6-2)31-27(34(40)41-4)20-36-35-37(31)32(38)30(46-35)18-22-10-15-26(16-11-22)45-21-23-8-12-24(13-9-23)33(39)44-7-3/h8-20,31H,5-7,21H2,1-4H3/b30-18+/t31-/m1/s1. The molecule has 46 heavy (non-hydrogen) atoms. The van der Waals surface area contributed by atoms with E-state index in [-0.39, 0.29) is 17.1 Å². The van der Waals surface area contributed by atoms with Crippen LogP contribution in [0.5, 0.6) is 17.2 Å². The molecule has 4 aromatic rings. The molecule has 2 heterocycles. The van der Waals surface area contributed by atoms with Gasteiger partial charge in [0, 0.05) is 6.20 Å². The van der Waals surface area contributed by atoms with Crippen molar-refractivity contribution in [3.63, 3.8) is 0 Å². The zero-order valence-corrected chi connectivity index (χ0v) is 26.8. The quantitative estimate of drug-likeness (QED) is 0.207. The molecule has 0 spiro atoms. The normalized spacial score (nSPS) is 14.0. The molecule has 0 saturated heterocycles. The number of ether oxygens (including phenoxy) is 5. The summed E-state index contributed by atoms with van der Waals surface area (Å²) in [5.74, 6) is 0.797. The Morgan fingerprint density at radius 1 is 0.870 bits per heavy atom. The number of methoxy groups -OCH3 is 1. The Balaban J connectivity index is 1.41. The number of aromatic nitrogens is 1. The number of fused-ring (bicyclic) bond motifs is 1. The summed E-state index contributed by atoms with van der Waals surface area (Å²) in [5, 5.41) is 0. The number of nitrogens with zero attached hydrogens (tertiary/aromatic N) is 2. The molecule has 3 aromatic carbocycles. The third-order valence-corrected chi connectivity index (χ3v) is 8.05. The minimum Gasteiger partial charge on any atom is -0.490 e. The third kappa shape index (κ3) is 7.05. The summed E-state index contributed by atoms with van der Waals surface area (Å²) in [7, 11) is 1.30. The molecule has 1 atom stereocenters.